The van der Waals surface area contributed by atoms with Crippen LogP contribution in [-0.2, 0) is 0 Å². The predicted octanol–water partition coefficient (Wildman–Crippen LogP) is 4.55. The lowest BCUT2D eigenvalue weighted by Crippen LogP contribution is -2.56. The van der Waals surface area contributed by atoms with Crippen LogP contribution >= 0.6 is 11.6 Å². The second kappa shape index (κ2) is 5.36. The summed E-state index contributed by atoms with van der Waals surface area (Å²) in [6, 6.07) is 16.0. The molecule has 21 heavy (non-hydrogen) atoms. The van der Waals surface area contributed by atoms with Crippen LogP contribution in [-0.4, -0.2) is 17.3 Å². The zero-order valence-electron chi connectivity index (χ0n) is 12.2. The van der Waals surface area contributed by atoms with Crippen LogP contribution in [0.5, 0.6) is 5.75 Å². The van der Waals surface area contributed by atoms with Crippen molar-refractivity contribution < 1.29 is 9.84 Å². The number of hydrogen-bond acceptors (Lipinski definition) is 2. The minimum Gasteiger partial charge on any atom is -0.488 e. The van der Waals surface area contributed by atoms with Gasteiger partial charge in [-0.05, 0) is 23.3 Å². The van der Waals surface area contributed by atoms with Crippen LogP contribution in [0.25, 0.3) is 11.1 Å². The third kappa shape index (κ3) is 2.66. The Balaban J connectivity index is 1.80. The SMILES string of the molecule is CC1(C)C(O)CC1Oc1ccc(-c2ccccc2)cc1Cl. The highest BCUT2D eigenvalue weighted by molar-refractivity contribution is 6.32. The molecular weight excluding hydrogens is 284 g/mol. The Morgan fingerprint density at radius 3 is 2.38 bits per heavy atom. The molecule has 1 saturated carbocycles. The number of aliphatic hydroxyl groups is 1. The van der Waals surface area contributed by atoms with Crippen molar-refractivity contribution in [2.45, 2.75) is 32.5 Å². The Morgan fingerprint density at radius 2 is 1.81 bits per heavy atom. The van der Waals surface area contributed by atoms with Crippen LogP contribution in [0, 0.1) is 5.41 Å². The molecule has 2 unspecified atom stereocenters. The van der Waals surface area contributed by atoms with E-state index in [-0.39, 0.29) is 17.6 Å². The van der Waals surface area contributed by atoms with E-state index in [1.807, 2.05) is 50.2 Å². The fourth-order valence-corrected chi connectivity index (χ4v) is 2.85. The molecule has 0 amide bonds. The van der Waals surface area contributed by atoms with Gasteiger partial charge in [0.05, 0.1) is 11.1 Å². The second-order valence-corrected chi connectivity index (χ2v) is 6.60. The summed E-state index contributed by atoms with van der Waals surface area (Å²) >= 11 is 6.35. The summed E-state index contributed by atoms with van der Waals surface area (Å²) < 4.78 is 5.97. The van der Waals surface area contributed by atoms with Crippen LogP contribution in [0.1, 0.15) is 20.3 Å². The highest BCUT2D eigenvalue weighted by atomic mass is 35.5. The van der Waals surface area contributed by atoms with Gasteiger partial charge in [0.15, 0.2) is 0 Å². The monoisotopic (exact) mass is 302 g/mol. The van der Waals surface area contributed by atoms with E-state index in [0.29, 0.717) is 17.2 Å². The van der Waals surface area contributed by atoms with Gasteiger partial charge in [0.25, 0.3) is 0 Å². The minimum atomic E-state index is -0.301. The van der Waals surface area contributed by atoms with Gasteiger partial charge in [0.1, 0.15) is 11.9 Å². The quantitative estimate of drug-likeness (QED) is 0.901. The summed E-state index contributed by atoms with van der Waals surface area (Å²) in [5.41, 5.74) is 1.98. The molecule has 0 radical (unpaired) electrons. The van der Waals surface area contributed by atoms with E-state index in [4.69, 9.17) is 16.3 Å². The van der Waals surface area contributed by atoms with Crippen LogP contribution in [0.3, 0.4) is 0 Å². The van der Waals surface area contributed by atoms with E-state index in [2.05, 4.69) is 12.1 Å². The summed E-state index contributed by atoms with van der Waals surface area (Å²) in [6.07, 6.45) is 0.362. The lowest BCUT2D eigenvalue weighted by Gasteiger charge is -2.48. The molecule has 0 heterocycles. The van der Waals surface area contributed by atoms with Gasteiger partial charge in [-0.2, -0.15) is 0 Å². The molecule has 0 saturated heterocycles. The Labute approximate surface area is 130 Å². The molecule has 2 aromatic carbocycles. The van der Waals surface area contributed by atoms with E-state index in [1.165, 1.54) is 0 Å². The molecule has 3 heteroatoms. The minimum absolute atomic E-state index is 0.00701. The molecule has 1 aliphatic carbocycles. The zero-order chi connectivity index (χ0) is 15.0. The smallest absolute Gasteiger partial charge is 0.138 e. The third-order valence-corrected chi connectivity index (χ3v) is 4.73. The molecule has 0 bridgehead atoms. The standard InChI is InChI=1S/C18H19ClO2/c1-18(2)16(20)11-17(18)21-15-9-8-13(10-14(15)19)12-6-4-3-5-7-12/h3-10,16-17,20H,11H2,1-2H3. The maximum atomic E-state index is 9.77. The number of ether oxygens (including phenoxy) is 1. The molecule has 3 rings (SSSR count). The van der Waals surface area contributed by atoms with Crippen molar-refractivity contribution in [3.63, 3.8) is 0 Å². The van der Waals surface area contributed by atoms with Crippen LogP contribution < -0.4 is 4.74 Å². The zero-order valence-corrected chi connectivity index (χ0v) is 13.0. The number of hydrogen-bond donors (Lipinski definition) is 1. The molecule has 2 aromatic rings. The third-order valence-electron chi connectivity index (χ3n) is 4.43. The van der Waals surface area contributed by atoms with Gasteiger partial charge in [-0.1, -0.05) is 61.8 Å². The maximum Gasteiger partial charge on any atom is 0.138 e. The van der Waals surface area contributed by atoms with Crippen molar-refractivity contribution >= 4 is 11.6 Å². The Bertz CT molecular complexity index is 637. The van der Waals surface area contributed by atoms with Crippen molar-refractivity contribution in [2.75, 3.05) is 0 Å². The van der Waals surface area contributed by atoms with Gasteiger partial charge in [0, 0.05) is 11.8 Å². The second-order valence-electron chi connectivity index (χ2n) is 6.19. The van der Waals surface area contributed by atoms with Crippen LogP contribution in [0.2, 0.25) is 5.02 Å². The van der Waals surface area contributed by atoms with Gasteiger partial charge in [0.2, 0.25) is 0 Å². The first-order chi connectivity index (χ1) is 9.98. The van der Waals surface area contributed by atoms with Gasteiger partial charge < -0.3 is 9.84 Å². The first kappa shape index (κ1) is 14.4. The van der Waals surface area contributed by atoms with Gasteiger partial charge >= 0.3 is 0 Å². The summed E-state index contributed by atoms with van der Waals surface area (Å²) in [5.74, 6) is 0.682. The summed E-state index contributed by atoms with van der Waals surface area (Å²) in [5, 5.41) is 10.4. The normalized spacial score (nSPS) is 23.4. The van der Waals surface area contributed by atoms with Crippen molar-refractivity contribution in [1.82, 2.24) is 0 Å². The van der Waals surface area contributed by atoms with Gasteiger partial charge in [-0.15, -0.1) is 0 Å². The van der Waals surface area contributed by atoms with Crippen LogP contribution in [0.15, 0.2) is 48.5 Å². The lowest BCUT2D eigenvalue weighted by atomic mass is 9.66. The molecule has 1 N–H and O–H groups in total. The highest BCUT2D eigenvalue weighted by Gasteiger charge is 2.49. The molecule has 2 nitrogen and oxygen atoms in total. The first-order valence-corrected chi connectivity index (χ1v) is 7.56. The van der Waals surface area contributed by atoms with E-state index < -0.39 is 0 Å². The summed E-state index contributed by atoms with van der Waals surface area (Å²) in [4.78, 5) is 0. The largest absolute Gasteiger partial charge is 0.488 e. The molecule has 1 fully saturated rings. The first-order valence-electron chi connectivity index (χ1n) is 7.18. The molecular formula is C18H19ClO2. The number of rotatable bonds is 3. The van der Waals surface area contributed by atoms with Crippen molar-refractivity contribution in [3.8, 4) is 16.9 Å². The van der Waals surface area contributed by atoms with E-state index in [1.54, 1.807) is 0 Å². The summed E-state index contributed by atoms with van der Waals surface area (Å²) in [7, 11) is 0. The lowest BCUT2D eigenvalue weighted by molar-refractivity contribution is -0.134. The summed E-state index contributed by atoms with van der Waals surface area (Å²) in [6.45, 7) is 4.02. The van der Waals surface area contributed by atoms with Crippen molar-refractivity contribution in [2.24, 2.45) is 5.41 Å². The van der Waals surface area contributed by atoms with Crippen molar-refractivity contribution in [3.05, 3.63) is 53.6 Å². The molecule has 0 aromatic heterocycles. The Morgan fingerprint density at radius 1 is 1.10 bits per heavy atom. The average molecular weight is 303 g/mol. The number of halogens is 1. The van der Waals surface area contributed by atoms with Crippen molar-refractivity contribution in [1.29, 1.82) is 0 Å². The molecule has 2 atom stereocenters. The molecule has 1 aliphatic rings. The van der Waals surface area contributed by atoms with Crippen LogP contribution in [0.4, 0.5) is 0 Å². The topological polar surface area (TPSA) is 29.5 Å². The predicted molar refractivity (Wildman–Crippen MR) is 85.7 cm³/mol. The van der Waals surface area contributed by atoms with E-state index in [0.717, 1.165) is 11.1 Å². The molecule has 0 spiro atoms. The van der Waals surface area contributed by atoms with Gasteiger partial charge in [-0.3, -0.25) is 0 Å². The highest BCUT2D eigenvalue weighted by Crippen LogP contribution is 2.44. The number of benzene rings is 2. The van der Waals surface area contributed by atoms with Gasteiger partial charge in [-0.25, -0.2) is 0 Å². The Kier molecular flexibility index (Phi) is 3.68. The molecule has 0 aliphatic heterocycles. The Hall–Kier alpha value is -1.51. The fraction of sp³-hybridized carbons (Fsp3) is 0.333. The number of aliphatic hydroxyl groups excluding tert-OH is 1. The molecule has 110 valence electrons. The maximum absolute atomic E-state index is 9.77. The fourth-order valence-electron chi connectivity index (χ4n) is 2.62. The average Bonchev–Trinajstić information content (AvgIpc) is 2.49. The van der Waals surface area contributed by atoms with E-state index >= 15 is 0 Å². The van der Waals surface area contributed by atoms with E-state index in [9.17, 15) is 5.11 Å².